The summed E-state index contributed by atoms with van der Waals surface area (Å²) in [5.41, 5.74) is 1.52. The van der Waals surface area contributed by atoms with Crippen LogP contribution in [0.4, 0.5) is 0 Å². The van der Waals surface area contributed by atoms with Gasteiger partial charge in [0.25, 0.3) is 0 Å². The Morgan fingerprint density at radius 1 is 1.16 bits per heavy atom. The molecule has 2 heteroatoms. The summed E-state index contributed by atoms with van der Waals surface area (Å²) < 4.78 is 6.57. The quantitative estimate of drug-likeness (QED) is 0.878. The van der Waals surface area contributed by atoms with E-state index in [1.54, 1.807) is 0 Å². The Balaban J connectivity index is 1.71. The van der Waals surface area contributed by atoms with Gasteiger partial charge in [0.1, 0.15) is 0 Å². The Morgan fingerprint density at radius 2 is 1.89 bits per heavy atom. The summed E-state index contributed by atoms with van der Waals surface area (Å²) in [5.74, 6) is 0.466. The maximum absolute atomic E-state index is 6.57. The van der Waals surface area contributed by atoms with Gasteiger partial charge in [-0.15, -0.1) is 0 Å². The van der Waals surface area contributed by atoms with Crippen LogP contribution in [0, 0.1) is 0 Å². The fourth-order valence-electron chi connectivity index (χ4n) is 3.59. The molecule has 1 saturated heterocycles. The fourth-order valence-corrected chi connectivity index (χ4v) is 3.59. The Kier molecular flexibility index (Phi) is 3.90. The molecule has 1 spiro atoms. The van der Waals surface area contributed by atoms with E-state index >= 15 is 0 Å². The zero-order chi connectivity index (χ0) is 13.1. The predicted molar refractivity (Wildman–Crippen MR) is 78.4 cm³/mol. The van der Waals surface area contributed by atoms with Gasteiger partial charge in [-0.05, 0) is 18.4 Å². The number of hydrogen-bond donors (Lipinski definition) is 1. The van der Waals surface area contributed by atoms with Crippen LogP contribution in [-0.2, 0) is 4.74 Å². The van der Waals surface area contributed by atoms with Crippen molar-refractivity contribution in [1.82, 2.24) is 5.32 Å². The van der Waals surface area contributed by atoms with Gasteiger partial charge in [0.05, 0.1) is 11.7 Å². The lowest BCUT2D eigenvalue weighted by Gasteiger charge is -2.45. The lowest BCUT2D eigenvalue weighted by molar-refractivity contribution is -0.139. The summed E-state index contributed by atoms with van der Waals surface area (Å²) in [5, 5.41) is 3.62. The maximum Gasteiger partial charge on any atom is 0.0811 e. The fraction of sp³-hybridized carbons (Fsp3) is 0.647. The van der Waals surface area contributed by atoms with Gasteiger partial charge in [0, 0.05) is 19.0 Å². The largest absolute Gasteiger partial charge is 0.368 e. The van der Waals surface area contributed by atoms with Crippen molar-refractivity contribution in [2.24, 2.45) is 0 Å². The first-order chi connectivity index (χ1) is 9.29. The van der Waals surface area contributed by atoms with E-state index in [0.717, 1.165) is 13.1 Å². The number of rotatable bonds is 2. The second-order valence-electron chi connectivity index (χ2n) is 6.23. The molecule has 1 aliphatic carbocycles. The third-order valence-corrected chi connectivity index (χ3v) is 4.84. The minimum absolute atomic E-state index is 0.129. The molecular weight excluding hydrogens is 234 g/mol. The van der Waals surface area contributed by atoms with Crippen LogP contribution in [-0.4, -0.2) is 24.8 Å². The van der Waals surface area contributed by atoms with Gasteiger partial charge in [-0.1, -0.05) is 56.5 Å². The van der Waals surface area contributed by atoms with Gasteiger partial charge in [0.15, 0.2) is 0 Å². The molecule has 1 heterocycles. The van der Waals surface area contributed by atoms with E-state index in [9.17, 15) is 0 Å². The normalized spacial score (nSPS) is 28.2. The van der Waals surface area contributed by atoms with Crippen molar-refractivity contribution in [2.75, 3.05) is 13.1 Å². The van der Waals surface area contributed by atoms with Crippen molar-refractivity contribution in [3.05, 3.63) is 35.9 Å². The van der Waals surface area contributed by atoms with E-state index in [1.165, 1.54) is 37.7 Å². The van der Waals surface area contributed by atoms with Gasteiger partial charge >= 0.3 is 0 Å². The highest BCUT2D eigenvalue weighted by Crippen LogP contribution is 2.36. The third-order valence-electron chi connectivity index (χ3n) is 4.84. The first-order valence-corrected chi connectivity index (χ1v) is 7.73. The van der Waals surface area contributed by atoms with E-state index in [0.29, 0.717) is 12.0 Å². The van der Waals surface area contributed by atoms with Gasteiger partial charge in [-0.25, -0.2) is 0 Å². The second kappa shape index (κ2) is 5.64. The minimum atomic E-state index is 0.129. The number of nitrogens with one attached hydrogen (secondary N) is 1. The van der Waals surface area contributed by atoms with Crippen molar-refractivity contribution in [3.8, 4) is 0 Å². The van der Waals surface area contributed by atoms with E-state index < -0.39 is 0 Å². The smallest absolute Gasteiger partial charge is 0.0811 e. The van der Waals surface area contributed by atoms with Crippen LogP contribution in [0.1, 0.15) is 50.5 Å². The highest BCUT2D eigenvalue weighted by Gasteiger charge is 2.39. The van der Waals surface area contributed by atoms with Crippen LogP contribution < -0.4 is 5.32 Å². The summed E-state index contributed by atoms with van der Waals surface area (Å²) in [6, 6.07) is 10.8. The van der Waals surface area contributed by atoms with Crippen molar-refractivity contribution in [3.63, 3.8) is 0 Å². The van der Waals surface area contributed by atoms with Crippen molar-refractivity contribution >= 4 is 0 Å². The molecule has 19 heavy (non-hydrogen) atoms. The number of ether oxygens (including phenoxy) is 1. The third kappa shape index (κ3) is 2.85. The van der Waals surface area contributed by atoms with Crippen LogP contribution in [0.25, 0.3) is 0 Å². The highest BCUT2D eigenvalue weighted by molar-refractivity contribution is 5.20. The lowest BCUT2D eigenvalue weighted by Crippen LogP contribution is -2.55. The van der Waals surface area contributed by atoms with E-state index in [-0.39, 0.29) is 5.60 Å². The SMILES string of the molecule is CC(c1ccccc1)C1CNCC2(CCCCC2)O1. The summed E-state index contributed by atoms with van der Waals surface area (Å²) in [6.45, 7) is 4.33. The molecule has 2 nitrogen and oxygen atoms in total. The average Bonchev–Trinajstić information content (AvgIpc) is 2.48. The highest BCUT2D eigenvalue weighted by atomic mass is 16.5. The monoisotopic (exact) mass is 259 g/mol. The Labute approximate surface area is 116 Å². The molecule has 3 rings (SSSR count). The van der Waals surface area contributed by atoms with Crippen LogP contribution >= 0.6 is 0 Å². The number of benzene rings is 1. The van der Waals surface area contributed by atoms with Crippen LogP contribution in [0.5, 0.6) is 0 Å². The molecule has 1 aromatic rings. The molecule has 2 atom stereocenters. The van der Waals surface area contributed by atoms with Crippen molar-refractivity contribution < 1.29 is 4.74 Å². The lowest BCUT2D eigenvalue weighted by atomic mass is 9.82. The number of morpholine rings is 1. The first kappa shape index (κ1) is 13.1. The zero-order valence-corrected chi connectivity index (χ0v) is 11.9. The summed E-state index contributed by atoms with van der Waals surface area (Å²) >= 11 is 0. The summed E-state index contributed by atoms with van der Waals surface area (Å²) in [4.78, 5) is 0. The Hall–Kier alpha value is -0.860. The maximum atomic E-state index is 6.57. The summed E-state index contributed by atoms with van der Waals surface area (Å²) in [6.07, 6.45) is 6.82. The van der Waals surface area contributed by atoms with Crippen LogP contribution in [0.15, 0.2) is 30.3 Å². The molecule has 0 aromatic heterocycles. The topological polar surface area (TPSA) is 21.3 Å². The zero-order valence-electron chi connectivity index (χ0n) is 11.9. The van der Waals surface area contributed by atoms with E-state index in [1.807, 2.05) is 0 Å². The van der Waals surface area contributed by atoms with Gasteiger partial charge in [-0.3, -0.25) is 0 Å². The van der Waals surface area contributed by atoms with Gasteiger partial charge < -0.3 is 10.1 Å². The minimum Gasteiger partial charge on any atom is -0.368 e. The molecule has 104 valence electrons. The molecule has 1 saturated carbocycles. The van der Waals surface area contributed by atoms with E-state index in [4.69, 9.17) is 4.74 Å². The first-order valence-electron chi connectivity index (χ1n) is 7.73. The molecule has 0 amide bonds. The molecule has 1 aliphatic heterocycles. The predicted octanol–water partition coefficient (Wildman–Crippen LogP) is 3.48. The molecule has 0 bridgehead atoms. The molecule has 2 fully saturated rings. The van der Waals surface area contributed by atoms with Crippen LogP contribution in [0.3, 0.4) is 0 Å². The van der Waals surface area contributed by atoms with Gasteiger partial charge in [0.2, 0.25) is 0 Å². The van der Waals surface area contributed by atoms with Gasteiger partial charge in [-0.2, -0.15) is 0 Å². The average molecular weight is 259 g/mol. The summed E-state index contributed by atoms with van der Waals surface area (Å²) in [7, 11) is 0. The van der Waals surface area contributed by atoms with Crippen molar-refractivity contribution in [2.45, 2.75) is 56.7 Å². The molecule has 0 radical (unpaired) electrons. The standard InChI is InChI=1S/C17H25NO/c1-14(15-8-4-2-5-9-15)16-12-18-13-17(19-16)10-6-3-7-11-17/h2,4-5,8-9,14,16,18H,3,6-7,10-13H2,1H3. The Bertz CT molecular complexity index is 391. The van der Waals surface area contributed by atoms with Crippen molar-refractivity contribution in [1.29, 1.82) is 0 Å². The Morgan fingerprint density at radius 3 is 2.63 bits per heavy atom. The second-order valence-corrected chi connectivity index (χ2v) is 6.23. The van der Waals surface area contributed by atoms with Crippen LogP contribution in [0.2, 0.25) is 0 Å². The molecule has 2 unspecified atom stereocenters. The van der Waals surface area contributed by atoms with E-state index in [2.05, 4.69) is 42.6 Å². The molecular formula is C17H25NO. The molecule has 1 N–H and O–H groups in total. The number of hydrogen-bond acceptors (Lipinski definition) is 2. The molecule has 1 aromatic carbocycles. The molecule has 2 aliphatic rings.